The molecule has 0 fully saturated rings. The summed E-state index contributed by atoms with van der Waals surface area (Å²) in [6, 6.07) is 29.1. The zero-order chi connectivity index (χ0) is 22.6. The smallest absolute Gasteiger partial charge is 0.0993 e. The van der Waals surface area contributed by atoms with Gasteiger partial charge in [-0.2, -0.15) is 5.26 Å². The van der Waals surface area contributed by atoms with Crippen molar-refractivity contribution in [1.29, 1.82) is 5.26 Å². The van der Waals surface area contributed by atoms with Crippen molar-refractivity contribution in [2.75, 3.05) is 0 Å². The van der Waals surface area contributed by atoms with Crippen molar-refractivity contribution >= 4 is 43.6 Å². The van der Waals surface area contributed by atoms with Gasteiger partial charge in [-0.25, -0.2) is 0 Å². The molecule has 34 heavy (non-hydrogen) atoms. The van der Waals surface area contributed by atoms with Crippen LogP contribution in [0.3, 0.4) is 0 Å². The van der Waals surface area contributed by atoms with Crippen LogP contribution in [0.5, 0.6) is 0 Å². The van der Waals surface area contributed by atoms with E-state index in [1.54, 1.807) is 0 Å². The summed E-state index contributed by atoms with van der Waals surface area (Å²) in [5.41, 5.74) is 6.61. The van der Waals surface area contributed by atoms with E-state index >= 15 is 0 Å². The maximum Gasteiger partial charge on any atom is 0.0993 e. The van der Waals surface area contributed by atoms with E-state index in [1.807, 2.05) is 61.2 Å². The Morgan fingerprint density at radius 3 is 1.53 bits per heavy atom. The molecular weight excluding hydrogens is 418 g/mol. The van der Waals surface area contributed by atoms with Crippen LogP contribution < -0.4 is 0 Å². The van der Waals surface area contributed by atoms with Gasteiger partial charge in [0.05, 0.1) is 46.1 Å². The molecule has 158 valence electrons. The first-order chi connectivity index (χ1) is 16.8. The van der Waals surface area contributed by atoms with Crippen LogP contribution >= 0.6 is 0 Å². The summed E-state index contributed by atoms with van der Waals surface area (Å²) in [6.45, 7) is 0. The van der Waals surface area contributed by atoms with Crippen LogP contribution in [-0.2, 0) is 0 Å². The van der Waals surface area contributed by atoms with Crippen LogP contribution in [0.25, 0.3) is 55.0 Å². The first-order valence-electron chi connectivity index (χ1n) is 11.1. The lowest BCUT2D eigenvalue weighted by Crippen LogP contribution is -2.00. The summed E-state index contributed by atoms with van der Waals surface area (Å²) in [7, 11) is 0. The second-order valence-electron chi connectivity index (χ2n) is 8.34. The average molecular weight is 435 g/mol. The molecule has 0 aliphatic carbocycles. The van der Waals surface area contributed by atoms with Gasteiger partial charge in [0.1, 0.15) is 0 Å². The Bertz CT molecular complexity index is 1700. The molecule has 0 saturated carbocycles. The third-order valence-electron chi connectivity index (χ3n) is 6.50. The number of hydrogen-bond acceptors (Lipinski definition) is 3. The highest BCUT2D eigenvalue weighted by atomic mass is 15.0. The van der Waals surface area contributed by atoms with Gasteiger partial charge in [-0.1, -0.05) is 36.4 Å². The molecule has 3 aromatic carbocycles. The summed E-state index contributed by atoms with van der Waals surface area (Å²) in [6.07, 6.45) is 7.42. The minimum Gasteiger partial charge on any atom is -0.308 e. The van der Waals surface area contributed by atoms with Gasteiger partial charge in [0, 0.05) is 45.3 Å². The Morgan fingerprint density at radius 2 is 1.03 bits per heavy atom. The van der Waals surface area contributed by atoms with Crippen LogP contribution in [-0.4, -0.2) is 19.1 Å². The number of hydrogen-bond donors (Lipinski definition) is 0. The number of benzene rings is 3. The van der Waals surface area contributed by atoms with Crippen LogP contribution in [0.4, 0.5) is 0 Å². The van der Waals surface area contributed by atoms with Gasteiger partial charge in [0.2, 0.25) is 0 Å². The van der Waals surface area contributed by atoms with Crippen LogP contribution in [0, 0.1) is 11.3 Å². The van der Waals surface area contributed by atoms with Crippen molar-refractivity contribution < 1.29 is 0 Å². The largest absolute Gasteiger partial charge is 0.308 e. The number of para-hydroxylation sites is 2. The molecule has 0 N–H and O–H groups in total. The van der Waals surface area contributed by atoms with Crippen molar-refractivity contribution in [3.8, 4) is 17.4 Å². The predicted molar refractivity (Wildman–Crippen MR) is 135 cm³/mol. The van der Waals surface area contributed by atoms with E-state index in [-0.39, 0.29) is 0 Å². The van der Waals surface area contributed by atoms with Gasteiger partial charge in [0.15, 0.2) is 0 Å². The van der Waals surface area contributed by atoms with Crippen molar-refractivity contribution in [3.63, 3.8) is 0 Å². The fraction of sp³-hybridized carbons (Fsp3) is 0. The Balaban J connectivity index is 1.60. The number of pyridine rings is 2. The highest BCUT2D eigenvalue weighted by Crippen LogP contribution is 2.35. The fourth-order valence-electron chi connectivity index (χ4n) is 5.11. The molecule has 0 radical (unpaired) electrons. The highest BCUT2D eigenvalue weighted by Gasteiger charge is 2.16. The van der Waals surface area contributed by atoms with Gasteiger partial charge in [0.25, 0.3) is 0 Å². The third kappa shape index (κ3) is 2.54. The first kappa shape index (κ1) is 18.6. The summed E-state index contributed by atoms with van der Waals surface area (Å²) in [4.78, 5) is 8.78. The quantitative estimate of drug-likeness (QED) is 0.310. The molecule has 0 atom stereocenters. The topological polar surface area (TPSA) is 59.4 Å². The van der Waals surface area contributed by atoms with E-state index in [0.29, 0.717) is 5.56 Å². The Hall–Kier alpha value is -4.95. The summed E-state index contributed by atoms with van der Waals surface area (Å²) in [5, 5.41) is 14.5. The highest BCUT2D eigenvalue weighted by molar-refractivity contribution is 6.10. The molecule has 7 aromatic rings. The van der Waals surface area contributed by atoms with Crippen LogP contribution in [0.15, 0.2) is 104 Å². The summed E-state index contributed by atoms with van der Waals surface area (Å²) >= 11 is 0. The predicted octanol–water partition coefficient (Wildman–Crippen LogP) is 6.54. The summed E-state index contributed by atoms with van der Waals surface area (Å²) < 4.78 is 4.38. The minimum atomic E-state index is 0.595. The fourth-order valence-corrected chi connectivity index (χ4v) is 5.11. The monoisotopic (exact) mass is 435 g/mol. The van der Waals surface area contributed by atoms with Crippen molar-refractivity contribution in [2.45, 2.75) is 0 Å². The van der Waals surface area contributed by atoms with E-state index in [4.69, 9.17) is 0 Å². The minimum absolute atomic E-state index is 0.595. The van der Waals surface area contributed by atoms with E-state index in [1.165, 1.54) is 0 Å². The molecule has 4 aromatic heterocycles. The molecule has 0 saturated heterocycles. The Labute approximate surface area is 194 Å². The second kappa shape index (κ2) is 7.03. The van der Waals surface area contributed by atoms with Crippen molar-refractivity contribution in [2.24, 2.45) is 0 Å². The van der Waals surface area contributed by atoms with E-state index in [0.717, 1.165) is 55.0 Å². The normalized spacial score (nSPS) is 11.5. The third-order valence-corrected chi connectivity index (χ3v) is 6.50. The van der Waals surface area contributed by atoms with Gasteiger partial charge >= 0.3 is 0 Å². The lowest BCUT2D eigenvalue weighted by Gasteiger charge is -2.13. The van der Waals surface area contributed by atoms with Crippen molar-refractivity contribution in [3.05, 3.63) is 109 Å². The molecular formula is C29H17N5. The lowest BCUT2D eigenvalue weighted by molar-refractivity contribution is 1.12. The van der Waals surface area contributed by atoms with Gasteiger partial charge in [-0.15, -0.1) is 0 Å². The van der Waals surface area contributed by atoms with Crippen LogP contribution in [0.1, 0.15) is 5.56 Å². The van der Waals surface area contributed by atoms with E-state index < -0.39 is 0 Å². The zero-order valence-electron chi connectivity index (χ0n) is 18.1. The van der Waals surface area contributed by atoms with Gasteiger partial charge in [-0.3, -0.25) is 9.97 Å². The zero-order valence-corrected chi connectivity index (χ0v) is 18.1. The molecule has 4 heterocycles. The molecule has 5 heteroatoms. The standard InChI is InChI=1S/C29H17N5/c30-16-19-13-20(33-26-7-3-1-5-22(26)24-9-11-31-17-28(24)33)15-21(14-19)34-27-8-4-2-6-23(27)25-10-12-32-18-29(25)34/h1-15,17-18H. The van der Waals surface area contributed by atoms with E-state index in [9.17, 15) is 5.26 Å². The van der Waals surface area contributed by atoms with Crippen LogP contribution in [0.2, 0.25) is 0 Å². The Morgan fingerprint density at radius 1 is 0.559 bits per heavy atom. The SMILES string of the molecule is N#Cc1cc(-n2c3ccccc3c3ccncc32)cc(-n2c3ccccc3c3ccncc32)c1. The lowest BCUT2D eigenvalue weighted by atomic mass is 10.1. The molecule has 0 amide bonds. The summed E-state index contributed by atoms with van der Waals surface area (Å²) in [5.74, 6) is 0. The number of rotatable bonds is 2. The van der Waals surface area contributed by atoms with Crippen molar-refractivity contribution in [1.82, 2.24) is 19.1 Å². The van der Waals surface area contributed by atoms with Gasteiger partial charge in [-0.05, 0) is 42.5 Å². The molecule has 0 unspecified atom stereocenters. The molecule has 0 aliphatic heterocycles. The van der Waals surface area contributed by atoms with Gasteiger partial charge < -0.3 is 9.13 Å². The molecule has 0 aliphatic rings. The maximum atomic E-state index is 9.94. The number of nitriles is 1. The number of nitrogens with zero attached hydrogens (tertiary/aromatic N) is 5. The maximum absolute atomic E-state index is 9.94. The molecule has 5 nitrogen and oxygen atoms in total. The first-order valence-corrected chi connectivity index (χ1v) is 11.1. The molecule has 7 rings (SSSR count). The number of aromatic nitrogens is 4. The van der Waals surface area contributed by atoms with E-state index in [2.05, 4.69) is 67.6 Å². The average Bonchev–Trinajstić information content (AvgIpc) is 3.42. The molecule has 0 spiro atoms. The Kier molecular flexibility index (Phi) is 3.84. The molecule has 0 bridgehead atoms. The second-order valence-corrected chi connectivity index (χ2v) is 8.34. The number of fused-ring (bicyclic) bond motifs is 6.